The van der Waals surface area contributed by atoms with Gasteiger partial charge in [-0.1, -0.05) is 104 Å². The van der Waals surface area contributed by atoms with E-state index in [-0.39, 0.29) is 5.92 Å². The minimum absolute atomic E-state index is 0.0967. The van der Waals surface area contributed by atoms with Crippen LogP contribution >= 0.6 is 0 Å². The third-order valence-electron chi connectivity index (χ3n) is 13.6. The largest absolute Gasteiger partial charge is 0.314 e. The fourth-order valence-electron chi connectivity index (χ4n) is 10.3. The van der Waals surface area contributed by atoms with E-state index in [2.05, 4.69) is 238 Å². The van der Waals surface area contributed by atoms with Gasteiger partial charge in [0, 0.05) is 72.6 Å². The molecule has 9 aromatic carbocycles. The van der Waals surface area contributed by atoms with Crippen molar-refractivity contribution in [1.29, 1.82) is 10.5 Å². The average molecular weight is 885 g/mol. The summed E-state index contributed by atoms with van der Waals surface area (Å²) in [4.78, 5) is 4.62. The fourth-order valence-corrected chi connectivity index (χ4v) is 10.3. The molecule has 1 aliphatic carbocycles. The third-order valence-corrected chi connectivity index (χ3v) is 13.6. The number of fused-ring (bicyclic) bond motifs is 6. The minimum atomic E-state index is 0.0967. The molecule has 0 fully saturated rings. The van der Waals surface area contributed by atoms with Crippen LogP contribution in [0.1, 0.15) is 18.9 Å². The van der Waals surface area contributed by atoms with Gasteiger partial charge in [-0.15, -0.1) is 0 Å². The molecule has 6 heteroatoms. The first-order valence-corrected chi connectivity index (χ1v) is 23.3. The van der Waals surface area contributed by atoms with E-state index in [1.807, 2.05) is 30.3 Å². The number of para-hydroxylation sites is 4. The molecule has 0 saturated heterocycles. The molecule has 1 unspecified atom stereocenters. The highest BCUT2D eigenvalue weighted by molar-refractivity contribution is 6.12. The molecular formula is C63H44N6. The van der Waals surface area contributed by atoms with Gasteiger partial charge < -0.3 is 18.9 Å². The van der Waals surface area contributed by atoms with Crippen LogP contribution in [0.15, 0.2) is 242 Å². The van der Waals surface area contributed by atoms with Gasteiger partial charge in [0.05, 0.1) is 39.8 Å². The molecule has 12 rings (SSSR count). The summed E-state index contributed by atoms with van der Waals surface area (Å²) in [7, 11) is 0. The quantitative estimate of drug-likeness (QED) is 0.145. The minimum Gasteiger partial charge on any atom is -0.314 e. The van der Waals surface area contributed by atoms with E-state index in [0.717, 1.165) is 96.1 Å². The van der Waals surface area contributed by atoms with Crippen molar-refractivity contribution in [2.75, 3.05) is 9.80 Å². The number of benzene rings is 9. The van der Waals surface area contributed by atoms with E-state index in [1.54, 1.807) is 0 Å². The van der Waals surface area contributed by atoms with Gasteiger partial charge in [0.1, 0.15) is 0 Å². The number of hydrogen-bond donors (Lipinski definition) is 0. The maximum atomic E-state index is 9.89. The van der Waals surface area contributed by atoms with Crippen molar-refractivity contribution < 1.29 is 0 Å². The highest BCUT2D eigenvalue weighted by Crippen LogP contribution is 2.43. The van der Waals surface area contributed by atoms with E-state index < -0.39 is 0 Å². The second-order valence-electron chi connectivity index (χ2n) is 17.7. The number of rotatable bonds is 9. The summed E-state index contributed by atoms with van der Waals surface area (Å²) in [6.07, 6.45) is 4.83. The lowest BCUT2D eigenvalue weighted by atomic mass is 9.91. The van der Waals surface area contributed by atoms with Crippen molar-refractivity contribution in [3.63, 3.8) is 0 Å². The predicted octanol–water partition coefficient (Wildman–Crippen LogP) is 16.4. The SMILES string of the molecule is CC1CC(N(c2ccc(-c3ccc(N(c4ccc(C#N)cc4)c4ccc5c(c4)c4ccccc4n5-c4ccccc4)cc3)cc2)c2ccc3c(c2)c2ccccc2n3-c2ccccc2)=CC=C1C#N. The van der Waals surface area contributed by atoms with Gasteiger partial charge in [-0.3, -0.25) is 0 Å². The molecule has 0 amide bonds. The highest BCUT2D eigenvalue weighted by Gasteiger charge is 2.24. The molecule has 2 heterocycles. The normalized spacial score (nSPS) is 13.5. The molecule has 0 aliphatic heterocycles. The summed E-state index contributed by atoms with van der Waals surface area (Å²) in [5.41, 5.74) is 16.7. The van der Waals surface area contributed by atoms with E-state index in [4.69, 9.17) is 0 Å². The Kier molecular flexibility index (Phi) is 10.2. The zero-order valence-electron chi connectivity index (χ0n) is 37.9. The van der Waals surface area contributed by atoms with Crippen LogP contribution in [0.2, 0.25) is 0 Å². The molecule has 0 bridgehead atoms. The molecule has 1 atom stereocenters. The number of nitriles is 2. The molecule has 2 aromatic heterocycles. The fraction of sp³-hybridized carbons (Fsp3) is 0.0476. The number of nitrogens with zero attached hydrogens (tertiary/aromatic N) is 6. The van der Waals surface area contributed by atoms with Crippen molar-refractivity contribution >= 4 is 72.0 Å². The molecule has 326 valence electrons. The van der Waals surface area contributed by atoms with Crippen molar-refractivity contribution in [1.82, 2.24) is 9.13 Å². The molecule has 0 radical (unpaired) electrons. The highest BCUT2D eigenvalue weighted by atomic mass is 15.2. The summed E-state index contributed by atoms with van der Waals surface area (Å²) < 4.78 is 4.68. The van der Waals surface area contributed by atoms with Crippen LogP contribution in [0.4, 0.5) is 28.4 Å². The Hall–Kier alpha value is -9.36. The van der Waals surface area contributed by atoms with Gasteiger partial charge >= 0.3 is 0 Å². The zero-order valence-corrected chi connectivity index (χ0v) is 37.9. The zero-order chi connectivity index (χ0) is 46.4. The first-order chi connectivity index (χ1) is 34.0. The Balaban J connectivity index is 0.919. The molecule has 0 spiro atoms. The Bertz CT molecular complexity index is 3880. The molecule has 0 N–H and O–H groups in total. The molecule has 0 saturated carbocycles. The van der Waals surface area contributed by atoms with Crippen LogP contribution in [-0.2, 0) is 0 Å². The van der Waals surface area contributed by atoms with Gasteiger partial charge in [-0.25, -0.2) is 0 Å². The summed E-state index contributed by atoms with van der Waals surface area (Å²) in [6.45, 7) is 2.13. The maximum absolute atomic E-state index is 9.89. The van der Waals surface area contributed by atoms with Gasteiger partial charge in [0.15, 0.2) is 0 Å². The van der Waals surface area contributed by atoms with Crippen LogP contribution in [0, 0.1) is 28.6 Å². The summed E-state index contributed by atoms with van der Waals surface area (Å²) in [5, 5.41) is 24.3. The number of aromatic nitrogens is 2. The number of hydrogen-bond acceptors (Lipinski definition) is 4. The topological polar surface area (TPSA) is 63.9 Å². The van der Waals surface area contributed by atoms with Gasteiger partial charge in [0.25, 0.3) is 0 Å². The van der Waals surface area contributed by atoms with Crippen LogP contribution in [0.25, 0.3) is 66.1 Å². The first-order valence-electron chi connectivity index (χ1n) is 23.3. The average Bonchev–Trinajstić information content (AvgIpc) is 3.92. The van der Waals surface area contributed by atoms with E-state index in [0.29, 0.717) is 5.56 Å². The maximum Gasteiger partial charge on any atom is 0.0991 e. The lowest BCUT2D eigenvalue weighted by Gasteiger charge is -2.31. The molecule has 6 nitrogen and oxygen atoms in total. The van der Waals surface area contributed by atoms with E-state index >= 15 is 0 Å². The first kappa shape index (κ1) is 41.1. The van der Waals surface area contributed by atoms with Gasteiger partial charge in [0.2, 0.25) is 0 Å². The van der Waals surface area contributed by atoms with Crippen LogP contribution in [0.3, 0.4) is 0 Å². The van der Waals surface area contributed by atoms with Crippen molar-refractivity contribution in [3.8, 4) is 34.6 Å². The molecular weight excluding hydrogens is 841 g/mol. The van der Waals surface area contributed by atoms with Crippen LogP contribution in [-0.4, -0.2) is 9.13 Å². The second-order valence-corrected chi connectivity index (χ2v) is 17.7. The van der Waals surface area contributed by atoms with Gasteiger partial charge in [-0.05, 0) is 157 Å². The molecule has 11 aromatic rings. The second kappa shape index (κ2) is 17.1. The summed E-state index contributed by atoms with van der Waals surface area (Å²) >= 11 is 0. The standard InChI is InChI=1S/C63H44N6/c1-43-38-53(33-26-47(43)42-65)67(55-35-37-63-59(40-55)57-17-9-11-19-61(57)69(63)49-14-6-3-7-15-49)52-31-24-46(25-32-52)45-22-29-51(30-23-45)66(50-27-20-44(41-64)21-28-50)54-34-36-62-58(39-54)56-16-8-10-18-60(56)68(62)48-12-4-2-5-13-48/h2-37,39-40,43H,38H2,1H3. The smallest absolute Gasteiger partial charge is 0.0991 e. The third kappa shape index (κ3) is 7.20. The van der Waals surface area contributed by atoms with E-state index in [1.165, 1.54) is 16.2 Å². The Morgan fingerprint density at radius 3 is 1.30 bits per heavy atom. The van der Waals surface area contributed by atoms with Gasteiger partial charge in [-0.2, -0.15) is 10.5 Å². The molecule has 1 aliphatic rings. The number of allylic oxidation sites excluding steroid dienone is 4. The van der Waals surface area contributed by atoms with E-state index in [9.17, 15) is 10.5 Å². The van der Waals surface area contributed by atoms with Crippen LogP contribution in [0.5, 0.6) is 0 Å². The lowest BCUT2D eigenvalue weighted by Crippen LogP contribution is -2.20. The van der Waals surface area contributed by atoms with Crippen molar-refractivity contribution in [3.05, 3.63) is 247 Å². The monoisotopic (exact) mass is 884 g/mol. The lowest BCUT2D eigenvalue weighted by molar-refractivity contribution is 0.671. The molecule has 69 heavy (non-hydrogen) atoms. The number of anilines is 5. The Morgan fingerprint density at radius 1 is 0.406 bits per heavy atom. The summed E-state index contributed by atoms with van der Waals surface area (Å²) in [6, 6.07) is 81.8. The Labute approximate surface area is 401 Å². The van der Waals surface area contributed by atoms with Crippen molar-refractivity contribution in [2.24, 2.45) is 5.92 Å². The van der Waals surface area contributed by atoms with Crippen LogP contribution < -0.4 is 9.80 Å². The predicted molar refractivity (Wildman–Crippen MR) is 284 cm³/mol. The summed E-state index contributed by atoms with van der Waals surface area (Å²) in [5.74, 6) is 0.0967. The Morgan fingerprint density at radius 2 is 0.826 bits per heavy atom. The van der Waals surface area contributed by atoms with Crippen molar-refractivity contribution in [2.45, 2.75) is 13.3 Å².